The van der Waals surface area contributed by atoms with E-state index in [1.54, 1.807) is 0 Å². The lowest BCUT2D eigenvalue weighted by atomic mass is 9.64. The molecule has 4 aromatic carbocycles. The van der Waals surface area contributed by atoms with Crippen LogP contribution in [0.15, 0.2) is 132 Å². The summed E-state index contributed by atoms with van der Waals surface area (Å²) in [7, 11) is 0. The van der Waals surface area contributed by atoms with Gasteiger partial charge in [0.2, 0.25) is 0 Å². The minimum absolute atomic E-state index is 0.180. The number of nitrogens with zero attached hydrogens (tertiary/aromatic N) is 1. The molecule has 0 saturated heterocycles. The third-order valence-electron chi connectivity index (χ3n) is 7.98. The molecule has 6 rings (SSSR count). The Hall–Kier alpha value is -4.54. The van der Waals surface area contributed by atoms with Gasteiger partial charge in [-0.05, 0) is 52.8 Å². The highest BCUT2D eigenvalue weighted by molar-refractivity contribution is 6.30. The number of carbonyl (C=O) groups excluding carboxylic acids is 2. The van der Waals surface area contributed by atoms with Gasteiger partial charge in [0.05, 0.1) is 5.57 Å². The van der Waals surface area contributed by atoms with Gasteiger partial charge in [-0.15, -0.1) is 0 Å². The molecular formula is C36H32N2O2. The highest BCUT2D eigenvalue weighted by Gasteiger charge is 2.50. The maximum absolute atomic E-state index is 14.3. The second-order valence-corrected chi connectivity index (χ2v) is 10.3. The fraction of sp³-hybridized carbons (Fsp3) is 0.167. The van der Waals surface area contributed by atoms with Crippen molar-refractivity contribution in [1.82, 2.24) is 4.90 Å². The Morgan fingerprint density at radius 3 is 1.52 bits per heavy atom. The van der Waals surface area contributed by atoms with Crippen molar-refractivity contribution < 1.29 is 9.59 Å². The second-order valence-electron chi connectivity index (χ2n) is 10.3. The number of hydrogen-bond donors (Lipinski definition) is 1. The Bertz CT molecular complexity index is 1580. The Labute approximate surface area is 235 Å². The van der Waals surface area contributed by atoms with E-state index in [0.717, 1.165) is 39.8 Å². The Kier molecular flexibility index (Phi) is 7.26. The number of amides is 2. The molecule has 4 heteroatoms. The van der Waals surface area contributed by atoms with Crippen molar-refractivity contribution in [2.24, 2.45) is 5.73 Å². The first-order valence-corrected chi connectivity index (χ1v) is 14.0. The molecule has 4 aromatic rings. The first-order valence-electron chi connectivity index (χ1n) is 14.0. The molecule has 2 N–H and O–H groups in total. The van der Waals surface area contributed by atoms with Crippen molar-refractivity contribution in [3.63, 3.8) is 0 Å². The zero-order valence-electron chi connectivity index (χ0n) is 22.4. The van der Waals surface area contributed by atoms with Gasteiger partial charge in [-0.1, -0.05) is 121 Å². The molecule has 0 bridgehead atoms. The fourth-order valence-corrected chi connectivity index (χ4v) is 6.25. The van der Waals surface area contributed by atoms with E-state index in [1.807, 2.05) is 84.9 Å². The molecule has 1 aliphatic heterocycles. The number of hydrogen-bond acceptors (Lipinski definition) is 3. The maximum Gasteiger partial charge on any atom is 0.261 e. The lowest BCUT2D eigenvalue weighted by Crippen LogP contribution is -2.33. The fourth-order valence-electron chi connectivity index (χ4n) is 6.25. The smallest absolute Gasteiger partial charge is 0.261 e. The van der Waals surface area contributed by atoms with E-state index in [-0.39, 0.29) is 23.7 Å². The third-order valence-corrected chi connectivity index (χ3v) is 7.98. The number of benzene rings is 4. The van der Waals surface area contributed by atoms with Gasteiger partial charge in [0, 0.05) is 24.0 Å². The second kappa shape index (κ2) is 11.3. The van der Waals surface area contributed by atoms with Gasteiger partial charge in [-0.25, -0.2) is 0 Å². The van der Waals surface area contributed by atoms with E-state index in [4.69, 9.17) is 5.73 Å². The monoisotopic (exact) mass is 524 g/mol. The van der Waals surface area contributed by atoms with Gasteiger partial charge in [-0.2, -0.15) is 0 Å². The molecule has 0 aromatic heterocycles. The molecule has 2 aliphatic rings. The minimum Gasteiger partial charge on any atom is -0.330 e. The van der Waals surface area contributed by atoms with Crippen molar-refractivity contribution in [2.45, 2.75) is 24.7 Å². The molecule has 40 heavy (non-hydrogen) atoms. The summed E-state index contributed by atoms with van der Waals surface area (Å²) in [4.78, 5) is 30.1. The topological polar surface area (TPSA) is 63.4 Å². The normalized spacial score (nSPS) is 18.9. The number of rotatable bonds is 8. The van der Waals surface area contributed by atoms with Crippen LogP contribution in [0.25, 0.3) is 11.1 Å². The van der Waals surface area contributed by atoms with Crippen molar-refractivity contribution in [2.75, 3.05) is 13.1 Å². The van der Waals surface area contributed by atoms with E-state index in [1.165, 1.54) is 4.90 Å². The van der Waals surface area contributed by atoms with Crippen LogP contribution < -0.4 is 5.73 Å². The Balaban J connectivity index is 1.70. The SMILES string of the molecule is NCCCCN1C(=O)C2=C(C1=O)C(c1ccccc1)C(c1ccccc1)C(c1ccccc1)=C2c1ccccc1. The van der Waals surface area contributed by atoms with Gasteiger partial charge in [0.15, 0.2) is 0 Å². The molecule has 4 nitrogen and oxygen atoms in total. The molecule has 0 fully saturated rings. The molecule has 198 valence electrons. The van der Waals surface area contributed by atoms with Crippen LogP contribution in [0.4, 0.5) is 0 Å². The summed E-state index contributed by atoms with van der Waals surface area (Å²) in [5.74, 6) is -0.901. The van der Waals surface area contributed by atoms with Crippen molar-refractivity contribution in [1.29, 1.82) is 0 Å². The average molecular weight is 525 g/mol. The summed E-state index contributed by atoms with van der Waals surface area (Å²) >= 11 is 0. The Morgan fingerprint density at radius 2 is 1.00 bits per heavy atom. The third kappa shape index (κ3) is 4.51. The molecule has 2 amide bonds. The zero-order valence-corrected chi connectivity index (χ0v) is 22.4. The van der Waals surface area contributed by atoms with Crippen molar-refractivity contribution in [3.05, 3.63) is 155 Å². The lowest BCUT2D eigenvalue weighted by molar-refractivity contribution is -0.137. The molecule has 2 unspecified atom stereocenters. The summed E-state index contributed by atoms with van der Waals surface area (Å²) in [5.41, 5.74) is 12.9. The van der Waals surface area contributed by atoms with Crippen LogP contribution in [-0.4, -0.2) is 29.8 Å². The molecule has 1 aliphatic carbocycles. The summed E-state index contributed by atoms with van der Waals surface area (Å²) < 4.78 is 0. The first-order chi connectivity index (χ1) is 19.7. The van der Waals surface area contributed by atoms with Crippen LogP contribution in [0.2, 0.25) is 0 Å². The predicted octanol–water partition coefficient (Wildman–Crippen LogP) is 6.58. The van der Waals surface area contributed by atoms with Crippen LogP contribution in [0.3, 0.4) is 0 Å². The molecule has 0 radical (unpaired) electrons. The van der Waals surface area contributed by atoms with Gasteiger partial charge >= 0.3 is 0 Å². The molecule has 0 saturated carbocycles. The zero-order chi connectivity index (χ0) is 27.5. The van der Waals surface area contributed by atoms with Crippen LogP contribution in [0.1, 0.15) is 46.9 Å². The number of unbranched alkanes of at least 4 members (excludes halogenated alkanes) is 1. The predicted molar refractivity (Wildman–Crippen MR) is 160 cm³/mol. The number of nitrogens with two attached hydrogens (primary N) is 1. The van der Waals surface area contributed by atoms with Crippen LogP contribution >= 0.6 is 0 Å². The van der Waals surface area contributed by atoms with E-state index in [9.17, 15) is 9.59 Å². The highest BCUT2D eigenvalue weighted by atomic mass is 16.2. The summed E-state index contributed by atoms with van der Waals surface area (Å²) in [6.07, 6.45) is 1.44. The van der Waals surface area contributed by atoms with Gasteiger partial charge in [-0.3, -0.25) is 14.5 Å². The molecule has 1 heterocycles. The largest absolute Gasteiger partial charge is 0.330 e. The van der Waals surface area contributed by atoms with Gasteiger partial charge < -0.3 is 5.73 Å². The summed E-state index contributed by atoms with van der Waals surface area (Å²) in [6, 6.07) is 40.9. The van der Waals surface area contributed by atoms with E-state index < -0.39 is 0 Å². The van der Waals surface area contributed by atoms with Gasteiger partial charge in [0.25, 0.3) is 11.8 Å². The Morgan fingerprint density at radius 1 is 0.525 bits per heavy atom. The quantitative estimate of drug-likeness (QED) is 0.209. The van der Waals surface area contributed by atoms with Crippen LogP contribution in [-0.2, 0) is 9.59 Å². The molecular weight excluding hydrogens is 492 g/mol. The molecule has 0 spiro atoms. The van der Waals surface area contributed by atoms with Gasteiger partial charge in [0.1, 0.15) is 0 Å². The van der Waals surface area contributed by atoms with Crippen molar-refractivity contribution in [3.8, 4) is 0 Å². The summed E-state index contributed by atoms with van der Waals surface area (Å²) in [6.45, 7) is 0.890. The lowest BCUT2D eigenvalue weighted by Gasteiger charge is -2.37. The number of carbonyl (C=O) groups is 2. The number of imide groups is 1. The summed E-state index contributed by atoms with van der Waals surface area (Å²) in [5, 5.41) is 0. The van der Waals surface area contributed by atoms with Crippen LogP contribution in [0.5, 0.6) is 0 Å². The van der Waals surface area contributed by atoms with Crippen molar-refractivity contribution >= 4 is 23.0 Å². The average Bonchev–Trinajstić information content (AvgIpc) is 3.26. The molecule has 2 atom stereocenters. The maximum atomic E-state index is 14.3. The standard InChI is InChI=1S/C36H32N2O2/c37-23-13-14-24-38-35(39)33-31(27-19-9-3-10-20-27)29(25-15-5-1-6-16-25)30(26-17-7-2-8-18-26)32(34(33)36(38)40)28-21-11-4-12-22-28/h1-12,15-22,29,31H,13-14,23-24,37H2. The highest BCUT2D eigenvalue weighted by Crippen LogP contribution is 2.57. The first kappa shape index (κ1) is 25.7. The number of allylic oxidation sites excluding steroid dienone is 1. The van der Waals surface area contributed by atoms with E-state index in [0.29, 0.717) is 30.7 Å². The minimum atomic E-state index is -0.322. The van der Waals surface area contributed by atoms with Crippen LogP contribution in [0, 0.1) is 0 Å². The van der Waals surface area contributed by atoms with E-state index in [2.05, 4.69) is 36.4 Å². The van der Waals surface area contributed by atoms with E-state index >= 15 is 0 Å².